The van der Waals surface area contributed by atoms with Gasteiger partial charge in [0.2, 0.25) is 0 Å². The fourth-order valence-electron chi connectivity index (χ4n) is 2.98. The zero-order valence-corrected chi connectivity index (χ0v) is 16.4. The van der Waals surface area contributed by atoms with E-state index < -0.39 is 6.10 Å². The van der Waals surface area contributed by atoms with E-state index in [9.17, 15) is 4.79 Å². The average Bonchev–Trinajstić information content (AvgIpc) is 2.67. The van der Waals surface area contributed by atoms with Gasteiger partial charge in [0.25, 0.3) is 0 Å². The molecule has 0 amide bonds. The fraction of sp³-hybridized carbons (Fsp3) is 0.240. The molecule has 3 aromatic carbocycles. The maximum absolute atomic E-state index is 12.8. The Labute approximate surface area is 161 Å². The zero-order valence-electron chi connectivity index (χ0n) is 16.4. The van der Waals surface area contributed by atoms with E-state index in [0.717, 1.165) is 11.1 Å². The molecule has 27 heavy (non-hydrogen) atoms. The molecule has 1 unspecified atom stereocenters. The molecule has 0 saturated heterocycles. The lowest BCUT2D eigenvalue weighted by atomic mass is 9.87. The maximum atomic E-state index is 12.8. The Morgan fingerprint density at radius 2 is 1.33 bits per heavy atom. The second-order valence-electron chi connectivity index (χ2n) is 7.93. The molecule has 3 rings (SSSR count). The predicted octanol–water partition coefficient (Wildman–Crippen LogP) is 6.24. The number of hydrogen-bond acceptors (Lipinski definition) is 2. The number of rotatable bonds is 4. The van der Waals surface area contributed by atoms with Crippen LogP contribution in [0.15, 0.2) is 78.9 Å². The first-order chi connectivity index (χ1) is 12.8. The number of benzene rings is 3. The van der Waals surface area contributed by atoms with Crippen molar-refractivity contribution in [3.8, 4) is 0 Å². The molecule has 2 heteroatoms. The van der Waals surface area contributed by atoms with Gasteiger partial charge in [-0.2, -0.15) is 0 Å². The first-order valence-electron chi connectivity index (χ1n) is 9.27. The van der Waals surface area contributed by atoms with Crippen molar-refractivity contribution in [3.05, 3.63) is 107 Å². The Balaban J connectivity index is 1.88. The molecular weight excluding hydrogens is 332 g/mol. The van der Waals surface area contributed by atoms with Crippen LogP contribution >= 0.6 is 0 Å². The van der Waals surface area contributed by atoms with Crippen molar-refractivity contribution in [1.82, 2.24) is 0 Å². The van der Waals surface area contributed by atoms with Gasteiger partial charge in [-0.25, -0.2) is 4.79 Å². The van der Waals surface area contributed by atoms with E-state index in [1.54, 1.807) is 0 Å². The summed E-state index contributed by atoms with van der Waals surface area (Å²) in [6, 6.07) is 25.7. The van der Waals surface area contributed by atoms with E-state index >= 15 is 0 Å². The summed E-state index contributed by atoms with van der Waals surface area (Å²) < 4.78 is 5.94. The molecule has 0 aromatic heterocycles. The third kappa shape index (κ3) is 4.65. The Bertz CT molecular complexity index is 886. The molecule has 0 aliphatic rings. The Morgan fingerprint density at radius 3 is 1.89 bits per heavy atom. The number of aryl methyl sites for hydroxylation is 1. The molecule has 0 bridgehead atoms. The van der Waals surface area contributed by atoms with Crippen LogP contribution in [0.2, 0.25) is 0 Å². The minimum atomic E-state index is -0.429. The summed E-state index contributed by atoms with van der Waals surface area (Å²) in [4.78, 5) is 12.8. The van der Waals surface area contributed by atoms with Crippen LogP contribution in [-0.2, 0) is 10.2 Å². The van der Waals surface area contributed by atoms with Crippen molar-refractivity contribution in [2.75, 3.05) is 0 Å². The molecule has 0 aliphatic carbocycles. The second kappa shape index (κ2) is 7.79. The SMILES string of the molecule is Cc1ccc(C(OC(=O)c2ccc(C(C)(C)C)cc2)c2ccccc2)cc1. The molecule has 0 aliphatic heterocycles. The molecule has 138 valence electrons. The van der Waals surface area contributed by atoms with Crippen molar-refractivity contribution in [2.45, 2.75) is 39.2 Å². The van der Waals surface area contributed by atoms with Crippen LogP contribution in [0.25, 0.3) is 0 Å². The number of carbonyl (C=O) groups excluding carboxylic acids is 1. The summed E-state index contributed by atoms with van der Waals surface area (Å²) >= 11 is 0. The van der Waals surface area contributed by atoms with Crippen molar-refractivity contribution in [1.29, 1.82) is 0 Å². The molecule has 0 N–H and O–H groups in total. The molecular formula is C25H26O2. The highest BCUT2D eigenvalue weighted by atomic mass is 16.5. The van der Waals surface area contributed by atoms with Gasteiger partial charge in [-0.15, -0.1) is 0 Å². The highest BCUT2D eigenvalue weighted by Gasteiger charge is 2.21. The first kappa shape index (κ1) is 18.9. The number of ether oxygens (including phenoxy) is 1. The number of hydrogen-bond donors (Lipinski definition) is 0. The van der Waals surface area contributed by atoms with E-state index in [1.807, 2.05) is 85.8 Å². The maximum Gasteiger partial charge on any atom is 0.339 e. The van der Waals surface area contributed by atoms with Crippen LogP contribution in [0.5, 0.6) is 0 Å². The topological polar surface area (TPSA) is 26.3 Å². The van der Waals surface area contributed by atoms with Crippen LogP contribution in [0, 0.1) is 6.92 Å². The predicted molar refractivity (Wildman–Crippen MR) is 110 cm³/mol. The van der Waals surface area contributed by atoms with Gasteiger partial charge in [0.05, 0.1) is 5.56 Å². The number of carbonyl (C=O) groups is 1. The molecule has 0 fully saturated rings. The van der Waals surface area contributed by atoms with Gasteiger partial charge in [0.1, 0.15) is 0 Å². The van der Waals surface area contributed by atoms with Gasteiger partial charge in [0, 0.05) is 0 Å². The monoisotopic (exact) mass is 358 g/mol. The molecule has 3 aromatic rings. The Morgan fingerprint density at radius 1 is 0.778 bits per heavy atom. The van der Waals surface area contributed by atoms with Crippen molar-refractivity contribution < 1.29 is 9.53 Å². The first-order valence-corrected chi connectivity index (χ1v) is 9.27. The van der Waals surface area contributed by atoms with Gasteiger partial charge < -0.3 is 4.74 Å². The fourth-order valence-corrected chi connectivity index (χ4v) is 2.98. The van der Waals surface area contributed by atoms with Gasteiger partial charge in [-0.05, 0) is 41.2 Å². The summed E-state index contributed by atoms with van der Waals surface area (Å²) in [5.41, 5.74) is 4.91. The molecule has 0 radical (unpaired) electrons. The normalized spacial score (nSPS) is 12.4. The highest BCUT2D eigenvalue weighted by molar-refractivity contribution is 5.89. The largest absolute Gasteiger partial charge is 0.449 e. The lowest BCUT2D eigenvalue weighted by molar-refractivity contribution is 0.0378. The van der Waals surface area contributed by atoms with Gasteiger partial charge in [0.15, 0.2) is 6.10 Å². The highest BCUT2D eigenvalue weighted by Crippen LogP contribution is 2.28. The molecule has 0 saturated carbocycles. The van der Waals surface area contributed by atoms with E-state index in [1.165, 1.54) is 11.1 Å². The summed E-state index contributed by atoms with van der Waals surface area (Å²) in [6.45, 7) is 8.51. The van der Waals surface area contributed by atoms with Gasteiger partial charge in [-0.3, -0.25) is 0 Å². The smallest absolute Gasteiger partial charge is 0.339 e. The molecule has 0 heterocycles. The van der Waals surface area contributed by atoms with Crippen LogP contribution in [0.1, 0.15) is 59.5 Å². The van der Waals surface area contributed by atoms with E-state index in [4.69, 9.17) is 4.74 Å². The average molecular weight is 358 g/mol. The summed E-state index contributed by atoms with van der Waals surface area (Å²) in [5.74, 6) is -0.315. The summed E-state index contributed by atoms with van der Waals surface area (Å²) in [6.07, 6.45) is -0.429. The minimum Gasteiger partial charge on any atom is -0.449 e. The lowest BCUT2D eigenvalue weighted by Crippen LogP contribution is -2.14. The van der Waals surface area contributed by atoms with Crippen LogP contribution in [0.3, 0.4) is 0 Å². The third-order valence-electron chi connectivity index (χ3n) is 4.69. The molecule has 1 atom stereocenters. The number of esters is 1. The van der Waals surface area contributed by atoms with Crippen molar-refractivity contribution >= 4 is 5.97 Å². The van der Waals surface area contributed by atoms with Crippen LogP contribution < -0.4 is 0 Å². The Hall–Kier alpha value is -2.87. The zero-order chi connectivity index (χ0) is 19.4. The lowest BCUT2D eigenvalue weighted by Gasteiger charge is -2.21. The van der Waals surface area contributed by atoms with Crippen LogP contribution in [-0.4, -0.2) is 5.97 Å². The molecule has 2 nitrogen and oxygen atoms in total. The summed E-state index contributed by atoms with van der Waals surface area (Å²) in [7, 11) is 0. The van der Waals surface area contributed by atoms with Crippen molar-refractivity contribution in [3.63, 3.8) is 0 Å². The van der Waals surface area contributed by atoms with Crippen LogP contribution in [0.4, 0.5) is 0 Å². The minimum absolute atomic E-state index is 0.0525. The van der Waals surface area contributed by atoms with E-state index in [2.05, 4.69) is 20.8 Å². The van der Waals surface area contributed by atoms with Gasteiger partial charge in [-0.1, -0.05) is 93.1 Å². The third-order valence-corrected chi connectivity index (χ3v) is 4.69. The Kier molecular flexibility index (Phi) is 5.46. The summed E-state index contributed by atoms with van der Waals surface area (Å²) in [5, 5.41) is 0. The quantitative estimate of drug-likeness (QED) is 0.516. The second-order valence-corrected chi connectivity index (χ2v) is 7.93. The molecule has 0 spiro atoms. The van der Waals surface area contributed by atoms with Gasteiger partial charge >= 0.3 is 5.97 Å². The standard InChI is InChI=1S/C25H26O2/c1-18-10-12-20(13-11-18)23(19-8-6-5-7-9-19)27-24(26)21-14-16-22(17-15-21)25(2,3)4/h5-17,23H,1-4H3. The van der Waals surface area contributed by atoms with Crippen molar-refractivity contribution in [2.24, 2.45) is 0 Å². The van der Waals surface area contributed by atoms with E-state index in [-0.39, 0.29) is 11.4 Å². The van der Waals surface area contributed by atoms with E-state index in [0.29, 0.717) is 5.56 Å².